The highest BCUT2D eigenvalue weighted by Gasteiger charge is 2.04. The molecule has 0 fully saturated rings. The second kappa shape index (κ2) is 9.32. The molecule has 8 nitrogen and oxygen atoms in total. The lowest BCUT2D eigenvalue weighted by Gasteiger charge is -2.06. The van der Waals surface area contributed by atoms with E-state index in [0.29, 0.717) is 6.54 Å². The van der Waals surface area contributed by atoms with Gasteiger partial charge in [0.1, 0.15) is 0 Å². The lowest BCUT2D eigenvalue weighted by atomic mass is 10.1. The van der Waals surface area contributed by atoms with Gasteiger partial charge < -0.3 is 15.7 Å². The van der Waals surface area contributed by atoms with Crippen LogP contribution in [0.15, 0.2) is 24.3 Å². The predicted octanol–water partition coefficient (Wildman–Crippen LogP) is 1.69. The van der Waals surface area contributed by atoms with Gasteiger partial charge in [-0.3, -0.25) is 14.9 Å². The molecule has 1 aromatic rings. The van der Waals surface area contributed by atoms with Crippen molar-refractivity contribution in [2.24, 2.45) is 0 Å². The zero-order chi connectivity index (χ0) is 16.4. The summed E-state index contributed by atoms with van der Waals surface area (Å²) in [4.78, 5) is 31.6. The number of hydrogen-bond acceptors (Lipinski definition) is 4. The zero-order valence-corrected chi connectivity index (χ0v) is 12.1. The van der Waals surface area contributed by atoms with Gasteiger partial charge in [0.2, 0.25) is 0 Å². The van der Waals surface area contributed by atoms with Crippen LogP contribution in [0.4, 0.5) is 10.5 Å². The molecule has 1 aromatic carbocycles. The number of aliphatic carboxylic acids is 1. The van der Waals surface area contributed by atoms with Crippen molar-refractivity contribution < 1.29 is 19.6 Å². The summed E-state index contributed by atoms with van der Waals surface area (Å²) in [6.07, 6.45) is 2.28. The highest BCUT2D eigenvalue weighted by molar-refractivity contribution is 5.74. The standard InChI is InChI=1S/C14H19N3O5/c18-13(19)8-10-16-14(20)15-9-2-1-3-11-4-6-12(7-5-11)17(21)22/h4-7H,1-3,8-10H2,(H,18,19)(H2,15,16,20). The minimum atomic E-state index is -0.955. The van der Waals surface area contributed by atoms with Crippen molar-refractivity contribution in [1.82, 2.24) is 10.6 Å². The number of unbranched alkanes of at least 4 members (excludes halogenated alkanes) is 1. The van der Waals surface area contributed by atoms with E-state index in [1.54, 1.807) is 12.1 Å². The van der Waals surface area contributed by atoms with Crippen molar-refractivity contribution >= 4 is 17.7 Å². The van der Waals surface area contributed by atoms with Gasteiger partial charge in [-0.25, -0.2) is 4.79 Å². The molecular formula is C14H19N3O5. The van der Waals surface area contributed by atoms with E-state index >= 15 is 0 Å². The minimum Gasteiger partial charge on any atom is -0.481 e. The fraction of sp³-hybridized carbons (Fsp3) is 0.429. The molecular weight excluding hydrogens is 290 g/mol. The topological polar surface area (TPSA) is 122 Å². The second-order valence-corrected chi connectivity index (χ2v) is 4.71. The number of carboxylic acids is 1. The molecule has 0 saturated carbocycles. The molecule has 0 saturated heterocycles. The summed E-state index contributed by atoms with van der Waals surface area (Å²) in [5, 5.41) is 24.0. The third kappa shape index (κ3) is 7.22. The maximum absolute atomic E-state index is 11.3. The van der Waals surface area contributed by atoms with Crippen LogP contribution in [-0.2, 0) is 11.2 Å². The van der Waals surface area contributed by atoms with Crippen molar-refractivity contribution in [2.75, 3.05) is 13.1 Å². The quantitative estimate of drug-likeness (QED) is 0.364. The number of nitro groups is 1. The van der Waals surface area contributed by atoms with Crippen LogP contribution in [-0.4, -0.2) is 35.1 Å². The first-order chi connectivity index (χ1) is 10.5. The number of nitrogens with zero attached hydrogens (tertiary/aromatic N) is 1. The van der Waals surface area contributed by atoms with Crippen LogP contribution in [0.3, 0.4) is 0 Å². The molecule has 0 aliphatic heterocycles. The van der Waals surface area contributed by atoms with Gasteiger partial charge in [-0.05, 0) is 24.8 Å². The van der Waals surface area contributed by atoms with E-state index in [4.69, 9.17) is 5.11 Å². The number of carbonyl (C=O) groups is 2. The SMILES string of the molecule is O=C(O)CCNC(=O)NCCCCc1ccc([N+](=O)[O-])cc1. The zero-order valence-electron chi connectivity index (χ0n) is 12.1. The third-order valence-corrected chi connectivity index (χ3v) is 2.95. The fourth-order valence-corrected chi connectivity index (χ4v) is 1.79. The molecule has 120 valence electrons. The van der Waals surface area contributed by atoms with Crippen LogP contribution in [0.5, 0.6) is 0 Å². The molecule has 0 radical (unpaired) electrons. The minimum absolute atomic E-state index is 0.0726. The Labute approximate surface area is 127 Å². The molecule has 0 aliphatic rings. The number of aryl methyl sites for hydroxylation is 1. The monoisotopic (exact) mass is 309 g/mol. The summed E-state index contributed by atoms with van der Waals surface area (Å²) in [6, 6.07) is 6.03. The normalized spacial score (nSPS) is 10.0. The van der Waals surface area contributed by atoms with E-state index in [9.17, 15) is 19.7 Å². The maximum atomic E-state index is 11.3. The fourth-order valence-electron chi connectivity index (χ4n) is 1.79. The van der Waals surface area contributed by atoms with Crippen molar-refractivity contribution in [1.29, 1.82) is 0 Å². The third-order valence-electron chi connectivity index (χ3n) is 2.95. The maximum Gasteiger partial charge on any atom is 0.314 e. The first-order valence-electron chi connectivity index (χ1n) is 6.96. The average Bonchev–Trinajstić information content (AvgIpc) is 2.47. The van der Waals surface area contributed by atoms with Gasteiger partial charge in [-0.2, -0.15) is 0 Å². The average molecular weight is 309 g/mol. The molecule has 0 aromatic heterocycles. The van der Waals surface area contributed by atoms with E-state index in [0.717, 1.165) is 24.8 Å². The van der Waals surface area contributed by atoms with Gasteiger partial charge in [-0.15, -0.1) is 0 Å². The highest BCUT2D eigenvalue weighted by atomic mass is 16.6. The molecule has 1 rings (SSSR count). The smallest absolute Gasteiger partial charge is 0.314 e. The molecule has 3 N–H and O–H groups in total. The Morgan fingerprint density at radius 1 is 1.09 bits per heavy atom. The first kappa shape index (κ1) is 17.4. The van der Waals surface area contributed by atoms with Crippen molar-refractivity contribution in [3.8, 4) is 0 Å². The van der Waals surface area contributed by atoms with Gasteiger partial charge in [0, 0.05) is 25.2 Å². The largest absolute Gasteiger partial charge is 0.481 e. The van der Waals surface area contributed by atoms with E-state index in [1.165, 1.54) is 12.1 Å². The summed E-state index contributed by atoms with van der Waals surface area (Å²) in [7, 11) is 0. The molecule has 22 heavy (non-hydrogen) atoms. The molecule has 0 bridgehead atoms. The van der Waals surface area contributed by atoms with Crippen LogP contribution in [0.25, 0.3) is 0 Å². The summed E-state index contributed by atoms with van der Waals surface area (Å²) in [6.45, 7) is 0.593. The summed E-state index contributed by atoms with van der Waals surface area (Å²) < 4.78 is 0. The second-order valence-electron chi connectivity index (χ2n) is 4.71. The van der Waals surface area contributed by atoms with Crippen LogP contribution < -0.4 is 10.6 Å². The van der Waals surface area contributed by atoms with E-state index in [1.807, 2.05) is 0 Å². The Kier molecular flexibility index (Phi) is 7.38. The van der Waals surface area contributed by atoms with Crippen molar-refractivity contribution in [3.05, 3.63) is 39.9 Å². The Morgan fingerprint density at radius 3 is 2.32 bits per heavy atom. The van der Waals surface area contributed by atoms with E-state index in [2.05, 4.69) is 10.6 Å². The molecule has 8 heteroatoms. The Balaban J connectivity index is 2.11. The summed E-state index contributed by atoms with van der Waals surface area (Å²) in [5.74, 6) is -0.955. The van der Waals surface area contributed by atoms with Crippen LogP contribution in [0, 0.1) is 10.1 Å². The van der Waals surface area contributed by atoms with Crippen molar-refractivity contribution in [3.63, 3.8) is 0 Å². The summed E-state index contributed by atoms with van der Waals surface area (Å²) in [5.41, 5.74) is 1.08. The first-order valence-corrected chi connectivity index (χ1v) is 6.96. The molecule has 0 aliphatic carbocycles. The van der Waals surface area contributed by atoms with Gasteiger partial charge in [0.05, 0.1) is 11.3 Å². The number of nitro benzene ring substituents is 1. The number of carboxylic acid groups (broad SMARTS) is 1. The number of hydrogen-bond donors (Lipinski definition) is 3. The molecule has 0 heterocycles. The molecule has 0 spiro atoms. The summed E-state index contributed by atoms with van der Waals surface area (Å²) >= 11 is 0. The number of benzene rings is 1. The van der Waals surface area contributed by atoms with Gasteiger partial charge in [0.15, 0.2) is 0 Å². The number of rotatable bonds is 9. The van der Waals surface area contributed by atoms with Crippen LogP contribution in [0.1, 0.15) is 24.8 Å². The molecule has 0 unspecified atom stereocenters. The van der Waals surface area contributed by atoms with Gasteiger partial charge in [-0.1, -0.05) is 12.1 Å². The van der Waals surface area contributed by atoms with Crippen LogP contribution in [0.2, 0.25) is 0 Å². The van der Waals surface area contributed by atoms with Gasteiger partial charge in [0.25, 0.3) is 5.69 Å². The number of urea groups is 1. The lowest BCUT2D eigenvalue weighted by molar-refractivity contribution is -0.384. The Hall–Kier alpha value is -2.64. The van der Waals surface area contributed by atoms with E-state index in [-0.39, 0.29) is 24.7 Å². The van der Waals surface area contributed by atoms with Crippen molar-refractivity contribution in [2.45, 2.75) is 25.7 Å². The molecule has 0 atom stereocenters. The number of carbonyl (C=O) groups excluding carboxylic acids is 1. The Bertz CT molecular complexity index is 516. The molecule has 2 amide bonds. The predicted molar refractivity (Wildman–Crippen MR) is 79.7 cm³/mol. The highest BCUT2D eigenvalue weighted by Crippen LogP contribution is 2.13. The number of nitrogens with one attached hydrogen (secondary N) is 2. The number of non-ortho nitro benzene ring substituents is 1. The lowest BCUT2D eigenvalue weighted by Crippen LogP contribution is -2.37. The van der Waals surface area contributed by atoms with E-state index < -0.39 is 10.9 Å². The van der Waals surface area contributed by atoms with Crippen LogP contribution >= 0.6 is 0 Å². The van der Waals surface area contributed by atoms with Gasteiger partial charge >= 0.3 is 12.0 Å². The number of amides is 2. The Morgan fingerprint density at radius 2 is 1.73 bits per heavy atom.